The van der Waals surface area contributed by atoms with Gasteiger partial charge in [-0.25, -0.2) is 9.97 Å². The minimum absolute atomic E-state index is 0.00408. The zero-order chi connectivity index (χ0) is 21.3. The lowest BCUT2D eigenvalue weighted by Gasteiger charge is -2.32. The third-order valence-corrected chi connectivity index (χ3v) is 5.04. The van der Waals surface area contributed by atoms with E-state index in [0.29, 0.717) is 41.4 Å². The molecule has 0 saturated carbocycles. The van der Waals surface area contributed by atoms with E-state index in [1.807, 2.05) is 6.07 Å². The first-order valence-electron chi connectivity index (χ1n) is 9.40. The Hall–Kier alpha value is -3.30. The molecule has 4 heterocycles. The molecule has 30 heavy (non-hydrogen) atoms. The Morgan fingerprint density at radius 2 is 2.00 bits per heavy atom. The van der Waals surface area contributed by atoms with Gasteiger partial charge in [0.2, 0.25) is 0 Å². The van der Waals surface area contributed by atoms with Gasteiger partial charge in [-0.3, -0.25) is 9.78 Å². The molecule has 0 atom stereocenters. The molecule has 0 N–H and O–H groups in total. The SMILES string of the molecule is Cc1cc(-c2cnc(-c3cccnc3)nc2C2CCN(C(=O)C(F)(F)F)CC2)on1. The van der Waals surface area contributed by atoms with Crippen LogP contribution in [-0.2, 0) is 4.79 Å². The fourth-order valence-corrected chi connectivity index (χ4v) is 3.56. The molecule has 3 aromatic heterocycles. The summed E-state index contributed by atoms with van der Waals surface area (Å²) in [7, 11) is 0. The van der Waals surface area contributed by atoms with Crippen LogP contribution in [0.2, 0.25) is 0 Å². The number of hydrogen-bond acceptors (Lipinski definition) is 6. The van der Waals surface area contributed by atoms with Crippen molar-refractivity contribution >= 4 is 5.91 Å². The van der Waals surface area contributed by atoms with Crippen LogP contribution in [0.3, 0.4) is 0 Å². The van der Waals surface area contributed by atoms with Gasteiger partial charge in [-0.05, 0) is 31.9 Å². The number of amides is 1. The number of pyridine rings is 1. The number of aromatic nitrogens is 4. The Labute approximate surface area is 170 Å². The number of halogens is 3. The fourth-order valence-electron chi connectivity index (χ4n) is 3.56. The number of carbonyl (C=O) groups is 1. The number of likely N-dealkylation sites (tertiary alicyclic amines) is 1. The van der Waals surface area contributed by atoms with Crippen molar-refractivity contribution in [2.24, 2.45) is 0 Å². The lowest BCUT2D eigenvalue weighted by Crippen LogP contribution is -2.45. The largest absolute Gasteiger partial charge is 0.471 e. The molecule has 156 valence electrons. The Kier molecular flexibility index (Phi) is 5.23. The summed E-state index contributed by atoms with van der Waals surface area (Å²) in [6.45, 7) is 1.80. The molecule has 0 aromatic carbocycles. The molecule has 1 saturated heterocycles. The number of alkyl halides is 3. The molecule has 0 aliphatic carbocycles. The predicted molar refractivity (Wildman–Crippen MR) is 100 cm³/mol. The van der Waals surface area contributed by atoms with Crippen molar-refractivity contribution in [1.82, 2.24) is 25.0 Å². The van der Waals surface area contributed by atoms with E-state index in [1.54, 1.807) is 37.6 Å². The minimum atomic E-state index is -4.86. The second-order valence-corrected chi connectivity index (χ2v) is 7.13. The van der Waals surface area contributed by atoms with Crippen molar-refractivity contribution in [2.45, 2.75) is 31.9 Å². The quantitative estimate of drug-likeness (QED) is 0.645. The Morgan fingerprint density at radius 3 is 2.60 bits per heavy atom. The van der Waals surface area contributed by atoms with E-state index in [9.17, 15) is 18.0 Å². The third-order valence-electron chi connectivity index (χ3n) is 5.04. The van der Waals surface area contributed by atoms with Crippen LogP contribution in [0.1, 0.15) is 30.1 Å². The standard InChI is InChI=1S/C20H18F3N5O2/c1-12-9-16(30-27-12)15-11-25-18(14-3-2-6-24-10-14)26-17(15)13-4-7-28(8-5-13)19(29)20(21,22)23/h2-3,6,9-11,13H,4-5,7-8H2,1H3. The first kappa shape index (κ1) is 20.0. The predicted octanol–water partition coefficient (Wildman–Crippen LogP) is 3.77. The molecule has 0 unspecified atom stereocenters. The maximum atomic E-state index is 12.7. The molecule has 0 radical (unpaired) electrons. The van der Waals surface area contributed by atoms with Crippen LogP contribution in [0, 0.1) is 6.92 Å². The number of aryl methyl sites for hydroxylation is 1. The maximum Gasteiger partial charge on any atom is 0.471 e. The second-order valence-electron chi connectivity index (χ2n) is 7.13. The van der Waals surface area contributed by atoms with E-state index in [1.165, 1.54) is 0 Å². The molecular formula is C20H18F3N5O2. The molecule has 3 aromatic rings. The number of rotatable bonds is 3. The third kappa shape index (κ3) is 4.03. The van der Waals surface area contributed by atoms with Crippen LogP contribution in [0.25, 0.3) is 22.7 Å². The first-order chi connectivity index (χ1) is 14.3. The lowest BCUT2D eigenvalue weighted by atomic mass is 9.90. The number of piperidine rings is 1. The van der Waals surface area contributed by atoms with Crippen molar-refractivity contribution in [1.29, 1.82) is 0 Å². The molecule has 1 aliphatic heterocycles. The molecule has 0 spiro atoms. The van der Waals surface area contributed by atoms with Crippen molar-refractivity contribution in [3.63, 3.8) is 0 Å². The number of nitrogens with zero attached hydrogens (tertiary/aromatic N) is 5. The highest BCUT2D eigenvalue weighted by molar-refractivity contribution is 5.82. The molecule has 0 bridgehead atoms. The summed E-state index contributed by atoms with van der Waals surface area (Å²) in [6, 6.07) is 5.36. The first-order valence-corrected chi connectivity index (χ1v) is 9.40. The highest BCUT2D eigenvalue weighted by Crippen LogP contribution is 2.36. The molecule has 1 amide bonds. The summed E-state index contributed by atoms with van der Waals surface area (Å²) in [6.07, 6.45) is 0.762. The van der Waals surface area contributed by atoms with Crippen molar-refractivity contribution in [3.8, 4) is 22.7 Å². The van der Waals surface area contributed by atoms with Crippen molar-refractivity contribution in [2.75, 3.05) is 13.1 Å². The van der Waals surface area contributed by atoms with Crippen molar-refractivity contribution < 1.29 is 22.5 Å². The average molecular weight is 417 g/mol. The smallest absolute Gasteiger partial charge is 0.356 e. The van der Waals surface area contributed by atoms with Gasteiger partial charge in [-0.1, -0.05) is 5.16 Å². The monoisotopic (exact) mass is 417 g/mol. The summed E-state index contributed by atoms with van der Waals surface area (Å²) < 4.78 is 43.6. The zero-order valence-electron chi connectivity index (χ0n) is 16.1. The van der Waals surface area contributed by atoms with Crippen LogP contribution < -0.4 is 0 Å². The highest BCUT2D eigenvalue weighted by Gasteiger charge is 2.43. The van der Waals surface area contributed by atoms with E-state index in [2.05, 4.69) is 15.1 Å². The van der Waals surface area contributed by atoms with E-state index >= 15 is 0 Å². The summed E-state index contributed by atoms with van der Waals surface area (Å²) in [5.74, 6) is -0.993. The molecular weight excluding hydrogens is 399 g/mol. The Bertz CT molecular complexity index is 1040. The lowest BCUT2D eigenvalue weighted by molar-refractivity contribution is -0.186. The van der Waals surface area contributed by atoms with Crippen LogP contribution in [-0.4, -0.2) is 50.2 Å². The normalized spacial score (nSPS) is 15.4. The topological polar surface area (TPSA) is 85.0 Å². The van der Waals surface area contributed by atoms with E-state index in [0.717, 1.165) is 10.5 Å². The second kappa shape index (κ2) is 7.85. The van der Waals surface area contributed by atoms with E-state index in [4.69, 9.17) is 9.51 Å². The van der Waals surface area contributed by atoms with Gasteiger partial charge in [0.05, 0.1) is 17.0 Å². The van der Waals surface area contributed by atoms with Crippen LogP contribution in [0.5, 0.6) is 0 Å². The van der Waals surface area contributed by atoms with Gasteiger partial charge in [-0.2, -0.15) is 13.2 Å². The van der Waals surface area contributed by atoms with Gasteiger partial charge in [0, 0.05) is 49.2 Å². The Morgan fingerprint density at radius 1 is 1.23 bits per heavy atom. The molecule has 7 nitrogen and oxygen atoms in total. The Balaban J connectivity index is 1.66. The van der Waals surface area contributed by atoms with E-state index in [-0.39, 0.29) is 19.0 Å². The minimum Gasteiger partial charge on any atom is -0.356 e. The van der Waals surface area contributed by atoms with Gasteiger partial charge in [0.1, 0.15) is 0 Å². The number of hydrogen-bond donors (Lipinski definition) is 0. The van der Waals surface area contributed by atoms with Gasteiger partial charge >= 0.3 is 12.1 Å². The molecule has 10 heteroatoms. The maximum absolute atomic E-state index is 12.7. The van der Waals surface area contributed by atoms with Gasteiger partial charge in [-0.15, -0.1) is 0 Å². The highest BCUT2D eigenvalue weighted by atomic mass is 19.4. The van der Waals surface area contributed by atoms with Crippen LogP contribution in [0.15, 0.2) is 41.3 Å². The van der Waals surface area contributed by atoms with Gasteiger partial charge in [0.15, 0.2) is 11.6 Å². The van der Waals surface area contributed by atoms with Crippen LogP contribution >= 0.6 is 0 Å². The summed E-state index contributed by atoms with van der Waals surface area (Å²) in [5, 5.41) is 3.90. The molecule has 1 fully saturated rings. The molecule has 1 aliphatic rings. The summed E-state index contributed by atoms with van der Waals surface area (Å²) >= 11 is 0. The molecule has 4 rings (SSSR count). The van der Waals surface area contributed by atoms with Gasteiger partial charge < -0.3 is 9.42 Å². The zero-order valence-corrected chi connectivity index (χ0v) is 16.1. The van der Waals surface area contributed by atoms with E-state index < -0.39 is 12.1 Å². The fraction of sp³-hybridized carbons (Fsp3) is 0.350. The van der Waals surface area contributed by atoms with Crippen molar-refractivity contribution in [3.05, 3.63) is 48.2 Å². The average Bonchev–Trinajstić information content (AvgIpc) is 3.19. The number of carbonyl (C=O) groups excluding carboxylic acids is 1. The van der Waals surface area contributed by atoms with Crippen LogP contribution in [0.4, 0.5) is 13.2 Å². The summed E-state index contributed by atoms with van der Waals surface area (Å²) in [5.41, 5.74) is 2.73. The summed E-state index contributed by atoms with van der Waals surface area (Å²) in [4.78, 5) is 25.6. The van der Waals surface area contributed by atoms with Gasteiger partial charge in [0.25, 0.3) is 0 Å².